The zero-order chi connectivity index (χ0) is 26.8. The summed E-state index contributed by atoms with van der Waals surface area (Å²) in [5.74, 6) is -2.96. The Labute approximate surface area is 200 Å². The molecule has 0 saturated heterocycles. The van der Waals surface area contributed by atoms with Gasteiger partial charge in [-0.2, -0.15) is 18.3 Å². The maximum absolute atomic E-state index is 13.8. The van der Waals surface area contributed by atoms with Crippen LogP contribution in [0.5, 0.6) is 0 Å². The lowest BCUT2D eigenvalue weighted by molar-refractivity contribution is -0.142. The Bertz CT molecular complexity index is 1430. The van der Waals surface area contributed by atoms with Crippen LogP contribution in [0.4, 0.5) is 22.0 Å². The second-order valence-corrected chi connectivity index (χ2v) is 9.00. The lowest BCUT2D eigenvalue weighted by Gasteiger charge is -2.28. The van der Waals surface area contributed by atoms with Gasteiger partial charge in [0.2, 0.25) is 5.92 Å². The SMILES string of the molecule is [2H]C([2H])(C1CCC(F)(F)CC1)n1cc(-c2cnn(CC(F)(F)F)c2)c2ncc(-c3c(C)noc3C)cc21. The van der Waals surface area contributed by atoms with Crippen molar-refractivity contribution in [3.05, 3.63) is 42.3 Å². The summed E-state index contributed by atoms with van der Waals surface area (Å²) in [5, 5.41) is 7.76. The van der Waals surface area contributed by atoms with Crippen molar-refractivity contribution < 1.29 is 29.2 Å². The summed E-state index contributed by atoms with van der Waals surface area (Å²) >= 11 is 0. The third-order valence-corrected chi connectivity index (χ3v) is 6.29. The molecule has 11 heteroatoms. The van der Waals surface area contributed by atoms with E-state index in [9.17, 15) is 22.0 Å². The van der Waals surface area contributed by atoms with Gasteiger partial charge in [-0.3, -0.25) is 9.67 Å². The molecule has 186 valence electrons. The fourth-order valence-corrected chi connectivity index (χ4v) is 4.59. The van der Waals surface area contributed by atoms with Gasteiger partial charge in [0.15, 0.2) is 0 Å². The number of aryl methyl sites for hydroxylation is 2. The molecule has 4 aromatic heterocycles. The maximum Gasteiger partial charge on any atom is 0.408 e. The molecule has 0 unspecified atom stereocenters. The van der Waals surface area contributed by atoms with E-state index in [4.69, 9.17) is 7.26 Å². The molecule has 0 N–H and O–H groups in total. The van der Waals surface area contributed by atoms with Gasteiger partial charge < -0.3 is 9.09 Å². The molecule has 0 bridgehead atoms. The molecule has 1 saturated carbocycles. The summed E-state index contributed by atoms with van der Waals surface area (Å²) in [6, 6.07) is 1.72. The van der Waals surface area contributed by atoms with Crippen LogP contribution in [0.2, 0.25) is 0 Å². The fourth-order valence-electron chi connectivity index (χ4n) is 4.59. The smallest absolute Gasteiger partial charge is 0.361 e. The average molecular weight is 495 g/mol. The van der Waals surface area contributed by atoms with Crippen LogP contribution in [0, 0.1) is 19.8 Å². The highest BCUT2D eigenvalue weighted by Crippen LogP contribution is 2.39. The first-order chi connectivity index (χ1) is 17.2. The van der Waals surface area contributed by atoms with Gasteiger partial charge in [-0.1, -0.05) is 5.16 Å². The third kappa shape index (κ3) is 4.81. The summed E-state index contributed by atoms with van der Waals surface area (Å²) in [7, 11) is 0. The molecule has 0 spiro atoms. The van der Waals surface area contributed by atoms with Gasteiger partial charge in [-0.15, -0.1) is 0 Å². The van der Waals surface area contributed by atoms with Crippen molar-refractivity contribution in [2.75, 3.05) is 0 Å². The van der Waals surface area contributed by atoms with Gasteiger partial charge >= 0.3 is 6.18 Å². The van der Waals surface area contributed by atoms with E-state index in [1.54, 1.807) is 26.1 Å². The van der Waals surface area contributed by atoms with Gasteiger partial charge in [-0.05, 0) is 38.7 Å². The minimum Gasteiger partial charge on any atom is -0.361 e. The van der Waals surface area contributed by atoms with Crippen LogP contribution >= 0.6 is 0 Å². The highest BCUT2D eigenvalue weighted by atomic mass is 19.4. The molecule has 0 atom stereocenters. The van der Waals surface area contributed by atoms with Crippen LogP contribution in [-0.2, 0) is 13.0 Å². The molecule has 5 rings (SSSR count). The minimum atomic E-state index is -4.46. The number of fused-ring (bicyclic) bond motifs is 1. The van der Waals surface area contributed by atoms with Crippen LogP contribution in [0.3, 0.4) is 0 Å². The number of hydrogen-bond donors (Lipinski definition) is 0. The molecule has 1 fully saturated rings. The van der Waals surface area contributed by atoms with Crippen LogP contribution in [0.15, 0.2) is 35.4 Å². The van der Waals surface area contributed by atoms with E-state index in [2.05, 4.69) is 15.2 Å². The Morgan fingerprint density at radius 2 is 1.89 bits per heavy atom. The maximum atomic E-state index is 13.8. The van der Waals surface area contributed by atoms with E-state index < -0.39 is 43.9 Å². The normalized spacial score (nSPS) is 18.1. The van der Waals surface area contributed by atoms with E-state index >= 15 is 0 Å². The fraction of sp³-hybridized carbons (Fsp3) is 0.458. The Hall–Kier alpha value is -3.24. The Morgan fingerprint density at radius 3 is 2.54 bits per heavy atom. The number of rotatable bonds is 5. The molecular weight excluding hydrogens is 469 g/mol. The summed E-state index contributed by atoms with van der Waals surface area (Å²) in [6.07, 6.45) is 0.269. The number of aromatic nitrogens is 5. The largest absolute Gasteiger partial charge is 0.408 e. The van der Waals surface area contributed by atoms with Crippen LogP contribution in [-0.4, -0.2) is 36.6 Å². The molecular formula is C24H24F5N5O. The molecule has 0 aromatic carbocycles. The topological polar surface area (TPSA) is 61.7 Å². The summed E-state index contributed by atoms with van der Waals surface area (Å²) in [4.78, 5) is 4.55. The summed E-state index contributed by atoms with van der Waals surface area (Å²) in [5.41, 5.74) is 3.37. The zero-order valence-corrected chi connectivity index (χ0v) is 19.0. The van der Waals surface area contributed by atoms with Gasteiger partial charge in [0.1, 0.15) is 12.3 Å². The predicted molar refractivity (Wildman–Crippen MR) is 119 cm³/mol. The van der Waals surface area contributed by atoms with E-state index in [0.717, 1.165) is 4.68 Å². The molecule has 4 aromatic rings. The van der Waals surface area contributed by atoms with Gasteiger partial charge in [0.25, 0.3) is 0 Å². The van der Waals surface area contributed by atoms with Crippen molar-refractivity contribution in [2.24, 2.45) is 5.92 Å². The monoisotopic (exact) mass is 495 g/mol. The molecule has 0 amide bonds. The quantitative estimate of drug-likeness (QED) is 0.294. The van der Waals surface area contributed by atoms with Gasteiger partial charge in [-0.25, -0.2) is 8.78 Å². The lowest BCUT2D eigenvalue weighted by Crippen LogP contribution is -2.26. The second kappa shape index (κ2) is 8.46. The molecule has 0 radical (unpaired) electrons. The van der Waals surface area contributed by atoms with E-state index in [1.807, 2.05) is 0 Å². The number of halogens is 5. The number of pyridine rings is 1. The number of alkyl halides is 5. The lowest BCUT2D eigenvalue weighted by atomic mass is 9.87. The number of nitrogens with zero attached hydrogens (tertiary/aromatic N) is 5. The van der Waals surface area contributed by atoms with E-state index in [-0.39, 0.29) is 12.8 Å². The Kier molecular flexibility index (Phi) is 5.09. The molecule has 4 heterocycles. The van der Waals surface area contributed by atoms with Crippen LogP contribution < -0.4 is 0 Å². The highest BCUT2D eigenvalue weighted by molar-refractivity contribution is 5.94. The molecule has 6 nitrogen and oxygen atoms in total. The zero-order valence-electron chi connectivity index (χ0n) is 21.0. The predicted octanol–water partition coefficient (Wildman–Crippen LogP) is 6.56. The highest BCUT2D eigenvalue weighted by Gasteiger charge is 2.35. The van der Waals surface area contributed by atoms with E-state index in [1.165, 1.54) is 23.2 Å². The molecule has 1 aliphatic carbocycles. The van der Waals surface area contributed by atoms with Crippen LogP contribution in [0.25, 0.3) is 33.3 Å². The standard InChI is InChI=1S/C24H24F5N5O/c1-14-21(15(2)35-32-14)17-7-20-22(30-8-17)19(18-9-31-34(11-18)13-24(27,28)29)12-33(20)10-16-3-5-23(25,26)6-4-16/h7-9,11-12,16H,3-6,10,13H2,1-2H3/i10D2. The van der Waals surface area contributed by atoms with Crippen molar-refractivity contribution in [2.45, 2.75) is 64.7 Å². The van der Waals surface area contributed by atoms with Crippen molar-refractivity contribution >= 4 is 11.0 Å². The molecule has 0 aliphatic heterocycles. The first kappa shape index (κ1) is 21.1. The van der Waals surface area contributed by atoms with Crippen molar-refractivity contribution in [3.63, 3.8) is 0 Å². The van der Waals surface area contributed by atoms with Crippen molar-refractivity contribution in [1.29, 1.82) is 0 Å². The van der Waals surface area contributed by atoms with Crippen molar-refractivity contribution in [3.8, 4) is 22.3 Å². The van der Waals surface area contributed by atoms with Crippen LogP contribution in [0.1, 0.15) is 39.9 Å². The molecule has 35 heavy (non-hydrogen) atoms. The first-order valence-electron chi connectivity index (χ1n) is 12.2. The van der Waals surface area contributed by atoms with Gasteiger partial charge in [0, 0.05) is 60.2 Å². The second-order valence-electron chi connectivity index (χ2n) is 9.00. The minimum absolute atomic E-state index is 0.00446. The van der Waals surface area contributed by atoms with Crippen molar-refractivity contribution in [1.82, 2.24) is 24.5 Å². The molecule has 1 aliphatic rings. The number of hydrogen-bond acceptors (Lipinski definition) is 4. The van der Waals surface area contributed by atoms with Gasteiger partial charge in [0.05, 0.1) is 25.7 Å². The summed E-state index contributed by atoms with van der Waals surface area (Å²) in [6.45, 7) is 0.165. The van der Waals surface area contributed by atoms with E-state index in [0.29, 0.717) is 44.7 Å². The Balaban J connectivity index is 1.65. The average Bonchev–Trinajstić information content (AvgIpc) is 3.49. The Morgan fingerprint density at radius 1 is 1.14 bits per heavy atom. The first-order valence-corrected chi connectivity index (χ1v) is 11.2. The summed E-state index contributed by atoms with van der Waals surface area (Å²) < 4.78 is 91.5. The third-order valence-electron chi connectivity index (χ3n) is 6.29.